The molecule has 1 unspecified atom stereocenters. The summed E-state index contributed by atoms with van der Waals surface area (Å²) in [7, 11) is 0. The van der Waals surface area contributed by atoms with E-state index < -0.39 is 11.6 Å². The summed E-state index contributed by atoms with van der Waals surface area (Å²) in [6.07, 6.45) is 9.42. The van der Waals surface area contributed by atoms with E-state index in [4.69, 9.17) is 0 Å². The predicted octanol–water partition coefficient (Wildman–Crippen LogP) is 7.99. The van der Waals surface area contributed by atoms with Crippen LogP contribution in [0.5, 0.6) is 0 Å². The molecular weight excluding hydrogens is 374 g/mol. The lowest BCUT2D eigenvalue weighted by Crippen LogP contribution is -1.98. The Balaban J connectivity index is 1.65. The molecule has 0 N–H and O–H groups in total. The first-order valence-corrected chi connectivity index (χ1v) is 10.5. The van der Waals surface area contributed by atoms with Crippen LogP contribution in [0, 0.1) is 11.6 Å². The monoisotopic (exact) mass is 402 g/mol. The zero-order valence-electron chi connectivity index (χ0n) is 17.6. The summed E-state index contributed by atoms with van der Waals surface area (Å²) in [5.74, 6) is -0.515. The number of halogens is 2. The number of allylic oxidation sites excluding steroid dienone is 2. The van der Waals surface area contributed by atoms with Gasteiger partial charge in [-0.2, -0.15) is 0 Å². The molecule has 3 aromatic rings. The molecular formula is C28H28F2. The zero-order chi connectivity index (χ0) is 21.3. The summed E-state index contributed by atoms with van der Waals surface area (Å²) in [5, 5.41) is 0. The van der Waals surface area contributed by atoms with Crippen LogP contribution >= 0.6 is 0 Å². The molecule has 1 atom stereocenters. The van der Waals surface area contributed by atoms with Crippen molar-refractivity contribution in [3.05, 3.63) is 118 Å². The smallest absolute Gasteiger partial charge is 0.129 e. The van der Waals surface area contributed by atoms with Gasteiger partial charge in [0.2, 0.25) is 0 Å². The molecule has 3 rings (SSSR count). The maximum atomic E-state index is 14.3. The van der Waals surface area contributed by atoms with Crippen molar-refractivity contribution in [1.29, 1.82) is 0 Å². The van der Waals surface area contributed by atoms with E-state index in [1.165, 1.54) is 23.3 Å². The van der Waals surface area contributed by atoms with Crippen molar-refractivity contribution in [3.63, 3.8) is 0 Å². The molecule has 154 valence electrons. The van der Waals surface area contributed by atoms with Crippen LogP contribution in [0.3, 0.4) is 0 Å². The second-order valence-electron chi connectivity index (χ2n) is 7.66. The number of hydrogen-bond acceptors (Lipinski definition) is 0. The Morgan fingerprint density at radius 3 is 2.10 bits per heavy atom. The van der Waals surface area contributed by atoms with Gasteiger partial charge in [-0.3, -0.25) is 0 Å². The van der Waals surface area contributed by atoms with Crippen molar-refractivity contribution in [1.82, 2.24) is 0 Å². The Kier molecular flexibility index (Phi) is 7.73. The fraction of sp³-hybridized carbons (Fsp3) is 0.214. The van der Waals surface area contributed by atoms with Gasteiger partial charge in [0.25, 0.3) is 0 Å². The van der Waals surface area contributed by atoms with Crippen LogP contribution in [0.1, 0.15) is 54.0 Å². The second-order valence-corrected chi connectivity index (χ2v) is 7.66. The highest BCUT2D eigenvalue weighted by Crippen LogP contribution is 2.22. The molecule has 0 fully saturated rings. The van der Waals surface area contributed by atoms with Gasteiger partial charge >= 0.3 is 0 Å². The Bertz CT molecular complexity index is 976. The fourth-order valence-electron chi connectivity index (χ4n) is 3.56. The molecule has 0 aliphatic heterocycles. The minimum atomic E-state index is -0.482. The van der Waals surface area contributed by atoms with Crippen molar-refractivity contribution in [2.75, 3.05) is 0 Å². The summed E-state index contributed by atoms with van der Waals surface area (Å²) < 4.78 is 28.6. The first kappa shape index (κ1) is 21.7. The van der Waals surface area contributed by atoms with Crippen molar-refractivity contribution in [2.45, 2.75) is 39.0 Å². The van der Waals surface area contributed by atoms with Crippen molar-refractivity contribution in [3.8, 4) is 0 Å². The lowest BCUT2D eigenvalue weighted by Gasteiger charge is -2.12. The Morgan fingerprint density at radius 1 is 0.833 bits per heavy atom. The molecule has 0 aromatic heterocycles. The van der Waals surface area contributed by atoms with E-state index in [1.807, 2.05) is 43.4 Å². The van der Waals surface area contributed by atoms with Gasteiger partial charge < -0.3 is 0 Å². The summed E-state index contributed by atoms with van der Waals surface area (Å²) >= 11 is 0. The lowest BCUT2D eigenvalue weighted by atomic mass is 9.93. The lowest BCUT2D eigenvalue weighted by molar-refractivity contribution is 0.555. The van der Waals surface area contributed by atoms with Gasteiger partial charge in [0.05, 0.1) is 0 Å². The van der Waals surface area contributed by atoms with Gasteiger partial charge in [0.1, 0.15) is 11.6 Å². The zero-order valence-corrected chi connectivity index (χ0v) is 17.6. The van der Waals surface area contributed by atoms with Gasteiger partial charge in [-0.1, -0.05) is 85.8 Å². The van der Waals surface area contributed by atoms with Crippen LogP contribution in [0.2, 0.25) is 0 Å². The summed E-state index contributed by atoms with van der Waals surface area (Å²) in [6, 6.07) is 21.6. The molecule has 0 spiro atoms. The molecule has 0 saturated carbocycles. The number of benzene rings is 3. The summed E-state index contributed by atoms with van der Waals surface area (Å²) in [6.45, 7) is 4.13. The highest BCUT2D eigenvalue weighted by molar-refractivity contribution is 5.69. The fourth-order valence-corrected chi connectivity index (χ4v) is 3.56. The van der Waals surface area contributed by atoms with Gasteiger partial charge in [-0.05, 0) is 66.5 Å². The van der Waals surface area contributed by atoms with E-state index in [-0.39, 0.29) is 5.56 Å². The van der Waals surface area contributed by atoms with Crippen LogP contribution in [0.15, 0.2) is 78.9 Å². The molecule has 0 amide bonds. The predicted molar refractivity (Wildman–Crippen MR) is 123 cm³/mol. The summed E-state index contributed by atoms with van der Waals surface area (Å²) in [4.78, 5) is 0. The SMILES string of the molecule is C/C=C/CCc1c(F)cc(/C=C/c2ccc(CC(C)c3ccccc3)cc2)cc1F. The maximum Gasteiger partial charge on any atom is 0.129 e. The number of hydrogen-bond donors (Lipinski definition) is 0. The molecule has 0 heterocycles. The molecule has 0 nitrogen and oxygen atoms in total. The summed E-state index contributed by atoms with van der Waals surface area (Å²) in [5.41, 5.74) is 4.29. The molecule has 3 aromatic carbocycles. The third-order valence-electron chi connectivity index (χ3n) is 5.32. The highest BCUT2D eigenvalue weighted by atomic mass is 19.1. The van der Waals surface area contributed by atoms with E-state index in [2.05, 4.69) is 43.3 Å². The van der Waals surface area contributed by atoms with E-state index in [0.29, 0.717) is 24.3 Å². The third-order valence-corrected chi connectivity index (χ3v) is 5.32. The van der Waals surface area contributed by atoms with E-state index >= 15 is 0 Å². The quantitative estimate of drug-likeness (QED) is 0.264. The highest BCUT2D eigenvalue weighted by Gasteiger charge is 2.10. The van der Waals surface area contributed by atoms with Crippen LogP contribution in [0.25, 0.3) is 12.2 Å². The van der Waals surface area contributed by atoms with Gasteiger partial charge in [0.15, 0.2) is 0 Å². The third kappa shape index (κ3) is 6.00. The molecule has 0 aliphatic rings. The van der Waals surface area contributed by atoms with E-state index in [0.717, 1.165) is 12.0 Å². The van der Waals surface area contributed by atoms with Crippen LogP contribution in [-0.2, 0) is 12.8 Å². The van der Waals surface area contributed by atoms with Gasteiger partial charge in [-0.25, -0.2) is 8.78 Å². The average molecular weight is 403 g/mol. The van der Waals surface area contributed by atoms with Crippen LogP contribution in [0.4, 0.5) is 8.78 Å². The average Bonchev–Trinajstić information content (AvgIpc) is 2.76. The second kappa shape index (κ2) is 10.7. The molecule has 0 aliphatic carbocycles. The van der Waals surface area contributed by atoms with E-state index in [9.17, 15) is 8.78 Å². The molecule has 30 heavy (non-hydrogen) atoms. The van der Waals surface area contributed by atoms with Crippen LogP contribution < -0.4 is 0 Å². The Hall–Kier alpha value is -3.00. The van der Waals surface area contributed by atoms with Crippen molar-refractivity contribution >= 4 is 12.2 Å². The first-order valence-electron chi connectivity index (χ1n) is 10.5. The Morgan fingerprint density at radius 2 is 1.47 bits per heavy atom. The normalized spacial score (nSPS) is 12.7. The van der Waals surface area contributed by atoms with Gasteiger partial charge in [0, 0.05) is 5.56 Å². The number of rotatable bonds is 8. The van der Waals surface area contributed by atoms with Crippen LogP contribution in [-0.4, -0.2) is 0 Å². The molecule has 0 saturated heterocycles. The van der Waals surface area contributed by atoms with Gasteiger partial charge in [-0.15, -0.1) is 0 Å². The topological polar surface area (TPSA) is 0 Å². The maximum absolute atomic E-state index is 14.3. The Labute approximate surface area is 178 Å². The largest absolute Gasteiger partial charge is 0.207 e. The van der Waals surface area contributed by atoms with E-state index in [1.54, 1.807) is 6.08 Å². The molecule has 0 radical (unpaired) electrons. The standard InChI is InChI=1S/C28H28F2/c1-3-4-6-11-26-27(29)19-24(20-28(26)30)17-14-22-12-15-23(16-13-22)18-21(2)25-9-7-5-8-10-25/h3-5,7-10,12-17,19-21H,6,11,18H2,1-2H3/b4-3+,17-14+. The molecule has 0 bridgehead atoms. The molecule has 2 heteroatoms. The first-order chi connectivity index (χ1) is 14.6. The van der Waals surface area contributed by atoms with Crippen molar-refractivity contribution < 1.29 is 8.78 Å². The van der Waals surface area contributed by atoms with Crippen molar-refractivity contribution in [2.24, 2.45) is 0 Å². The minimum Gasteiger partial charge on any atom is -0.207 e. The minimum absolute atomic E-state index is 0.155.